The number of nitrogens with two attached hydrogens (primary N) is 1. The molecule has 2 heterocycles. The molecule has 0 aliphatic heterocycles. The minimum atomic E-state index is -0.867. The quantitative estimate of drug-likeness (QED) is 0.490. The highest BCUT2D eigenvalue weighted by Gasteiger charge is 2.25. The second kappa shape index (κ2) is 9.31. The zero-order chi connectivity index (χ0) is 21.1. The van der Waals surface area contributed by atoms with E-state index in [9.17, 15) is 4.39 Å². The lowest BCUT2D eigenvalue weighted by Gasteiger charge is -2.13. The van der Waals surface area contributed by atoms with Crippen molar-refractivity contribution in [2.45, 2.75) is 68.7 Å². The predicted octanol–water partition coefficient (Wildman–Crippen LogP) is 4.47. The van der Waals surface area contributed by atoms with E-state index in [0.29, 0.717) is 17.8 Å². The maximum atomic E-state index is 14.4. The van der Waals surface area contributed by atoms with Crippen molar-refractivity contribution in [3.05, 3.63) is 35.2 Å². The molecule has 8 heteroatoms. The number of hydrogen-bond acceptors (Lipinski definition) is 6. The molecule has 2 aromatic heterocycles. The Hall–Kier alpha value is -2.19. The first-order valence-corrected chi connectivity index (χ1v) is 11.6. The summed E-state index contributed by atoms with van der Waals surface area (Å²) in [7, 11) is 0. The lowest BCUT2D eigenvalue weighted by Crippen LogP contribution is -2.21. The summed E-state index contributed by atoms with van der Waals surface area (Å²) in [5, 5.41) is 4.29. The molecule has 4 rings (SSSR count). The van der Waals surface area contributed by atoms with Crippen LogP contribution in [0.25, 0.3) is 11.2 Å². The number of benzene rings is 1. The van der Waals surface area contributed by atoms with Crippen molar-refractivity contribution < 1.29 is 4.39 Å². The van der Waals surface area contributed by atoms with Crippen LogP contribution in [0.2, 0.25) is 0 Å². The maximum Gasteiger partial charge on any atom is 0.175 e. The van der Waals surface area contributed by atoms with Crippen LogP contribution in [0.4, 0.5) is 10.2 Å². The van der Waals surface area contributed by atoms with Crippen molar-refractivity contribution in [1.29, 1.82) is 0 Å². The molecule has 3 aromatic rings. The van der Waals surface area contributed by atoms with Crippen molar-refractivity contribution in [3.63, 3.8) is 0 Å². The number of alkyl halides is 1. The summed E-state index contributed by atoms with van der Waals surface area (Å²) in [5.74, 6) is 0.382. The number of nitrogens with one attached hydrogen (secondary N) is 1. The monoisotopic (exact) mass is 428 g/mol. The Bertz CT molecular complexity index is 1030. The topological polar surface area (TPSA) is 81.7 Å². The van der Waals surface area contributed by atoms with Gasteiger partial charge in [0.2, 0.25) is 0 Å². The number of nitrogen functional groups attached to an aromatic ring is 1. The molecule has 0 radical (unpaired) electrons. The van der Waals surface area contributed by atoms with Crippen LogP contribution in [-0.2, 0) is 19.4 Å². The van der Waals surface area contributed by atoms with Gasteiger partial charge in [-0.05, 0) is 55.0 Å². The Kier molecular flexibility index (Phi) is 6.53. The van der Waals surface area contributed by atoms with E-state index < -0.39 is 6.17 Å². The molecule has 1 unspecified atom stereocenters. The number of fused-ring (bicyclic) bond motifs is 2. The number of halogens is 1. The largest absolute Gasteiger partial charge is 0.382 e. The fraction of sp³-hybridized carbons (Fsp3) is 0.500. The number of hydrogen-bond donors (Lipinski definition) is 2. The van der Waals surface area contributed by atoms with Gasteiger partial charge >= 0.3 is 0 Å². The summed E-state index contributed by atoms with van der Waals surface area (Å²) in [6, 6.07) is 4.19. The Labute approximate surface area is 180 Å². The molecule has 3 N–H and O–H groups in total. The maximum absolute atomic E-state index is 14.4. The lowest BCUT2D eigenvalue weighted by atomic mass is 10.0. The molecule has 0 saturated heterocycles. The first-order valence-electron chi connectivity index (χ1n) is 10.8. The van der Waals surface area contributed by atoms with Crippen molar-refractivity contribution >= 4 is 28.7 Å². The third kappa shape index (κ3) is 4.16. The van der Waals surface area contributed by atoms with Crippen LogP contribution in [0, 0.1) is 0 Å². The van der Waals surface area contributed by atoms with Crippen LogP contribution >= 0.6 is 11.8 Å². The third-order valence-corrected chi connectivity index (χ3v) is 6.75. The zero-order valence-electron chi connectivity index (χ0n) is 17.6. The fourth-order valence-corrected chi connectivity index (χ4v) is 5.08. The van der Waals surface area contributed by atoms with E-state index in [1.807, 2.05) is 6.07 Å². The molecule has 160 valence electrons. The van der Waals surface area contributed by atoms with Gasteiger partial charge in [0.1, 0.15) is 12.5 Å². The van der Waals surface area contributed by atoms with Gasteiger partial charge in [0, 0.05) is 18.0 Å². The van der Waals surface area contributed by atoms with E-state index >= 15 is 0 Å². The summed E-state index contributed by atoms with van der Waals surface area (Å²) in [4.78, 5) is 14.4. The molecule has 0 spiro atoms. The zero-order valence-corrected chi connectivity index (χ0v) is 18.4. The fourth-order valence-electron chi connectivity index (χ4n) is 3.94. The first-order chi connectivity index (χ1) is 14.6. The van der Waals surface area contributed by atoms with Crippen molar-refractivity contribution in [2.75, 3.05) is 18.8 Å². The average Bonchev–Trinajstić information content (AvgIpc) is 3.28. The number of rotatable bonds is 9. The Morgan fingerprint density at radius 3 is 2.93 bits per heavy atom. The van der Waals surface area contributed by atoms with Gasteiger partial charge in [0.15, 0.2) is 22.1 Å². The van der Waals surface area contributed by atoms with Gasteiger partial charge in [-0.1, -0.05) is 38.1 Å². The lowest BCUT2D eigenvalue weighted by molar-refractivity contribution is 0.343. The van der Waals surface area contributed by atoms with E-state index in [-0.39, 0.29) is 0 Å². The Balaban J connectivity index is 1.67. The van der Waals surface area contributed by atoms with Gasteiger partial charge in [-0.25, -0.2) is 19.3 Å². The number of unbranched alkanes of at least 4 members (excludes halogenated alkanes) is 1. The van der Waals surface area contributed by atoms with Gasteiger partial charge in [-0.15, -0.1) is 0 Å². The summed E-state index contributed by atoms with van der Waals surface area (Å²) >= 11 is 1.57. The number of imidazole rings is 1. The van der Waals surface area contributed by atoms with E-state index in [1.54, 1.807) is 11.8 Å². The summed E-state index contributed by atoms with van der Waals surface area (Å²) in [6.45, 7) is 6.87. The molecule has 1 atom stereocenters. The standard InChI is InChI=1S/C22H29FN6S/c1-3-5-8-25-9-10-29-21-19(20(24)26-13-27-21)28-22(29)30-18-12-16-15(6-7-17(16)23)11-14(18)4-2/h11-13,17,25H,3-10H2,1-2H3,(H2,24,26,27). The summed E-state index contributed by atoms with van der Waals surface area (Å²) in [5.41, 5.74) is 10.6. The third-order valence-electron chi connectivity index (χ3n) is 5.65. The number of nitrogens with zero attached hydrogens (tertiary/aromatic N) is 4. The number of anilines is 1. The SMILES string of the molecule is CCCCNCCn1c(Sc2cc3c(cc2CC)CCC3F)nc2c(N)ncnc21. The van der Waals surface area contributed by atoms with Gasteiger partial charge in [0.05, 0.1) is 0 Å². The van der Waals surface area contributed by atoms with E-state index in [4.69, 9.17) is 10.7 Å². The van der Waals surface area contributed by atoms with Crippen LogP contribution in [0.1, 0.15) is 56.0 Å². The minimum Gasteiger partial charge on any atom is -0.382 e. The highest BCUT2D eigenvalue weighted by molar-refractivity contribution is 7.99. The molecule has 1 aliphatic rings. The van der Waals surface area contributed by atoms with Crippen LogP contribution in [0.5, 0.6) is 0 Å². The molecule has 0 saturated carbocycles. The minimum absolute atomic E-state index is 0.382. The second-order valence-corrected chi connectivity index (χ2v) is 8.71. The smallest absolute Gasteiger partial charge is 0.175 e. The number of aromatic nitrogens is 4. The van der Waals surface area contributed by atoms with Gasteiger partial charge in [0.25, 0.3) is 0 Å². The molecular weight excluding hydrogens is 399 g/mol. The molecule has 0 bridgehead atoms. The molecule has 6 nitrogen and oxygen atoms in total. The Morgan fingerprint density at radius 2 is 2.13 bits per heavy atom. The van der Waals surface area contributed by atoms with Gasteiger partial charge in [-0.2, -0.15) is 0 Å². The predicted molar refractivity (Wildman–Crippen MR) is 120 cm³/mol. The van der Waals surface area contributed by atoms with Crippen LogP contribution in [0.15, 0.2) is 28.5 Å². The first kappa shape index (κ1) is 21.1. The summed E-state index contributed by atoms with van der Waals surface area (Å²) in [6.07, 6.45) is 5.24. The molecular formula is C22H29FN6S. The van der Waals surface area contributed by atoms with Crippen LogP contribution in [0.3, 0.4) is 0 Å². The molecule has 0 fully saturated rings. The van der Waals surface area contributed by atoms with Gasteiger partial charge < -0.3 is 15.6 Å². The summed E-state index contributed by atoms with van der Waals surface area (Å²) < 4.78 is 16.5. The van der Waals surface area contributed by atoms with Crippen LogP contribution in [-0.4, -0.2) is 32.6 Å². The van der Waals surface area contributed by atoms with E-state index in [1.165, 1.54) is 18.3 Å². The van der Waals surface area contributed by atoms with E-state index in [2.05, 4.69) is 39.8 Å². The van der Waals surface area contributed by atoms with Crippen LogP contribution < -0.4 is 11.1 Å². The molecule has 30 heavy (non-hydrogen) atoms. The normalized spacial score (nSPS) is 15.8. The van der Waals surface area contributed by atoms with E-state index in [0.717, 1.165) is 65.7 Å². The molecule has 0 amide bonds. The highest BCUT2D eigenvalue weighted by atomic mass is 32.2. The van der Waals surface area contributed by atoms with Crippen molar-refractivity contribution in [2.24, 2.45) is 0 Å². The highest BCUT2D eigenvalue weighted by Crippen LogP contribution is 2.40. The number of aryl methyl sites for hydroxylation is 2. The second-order valence-electron chi connectivity index (χ2n) is 7.70. The Morgan fingerprint density at radius 1 is 1.27 bits per heavy atom. The van der Waals surface area contributed by atoms with Gasteiger partial charge in [-0.3, -0.25) is 0 Å². The van der Waals surface area contributed by atoms with Crippen molar-refractivity contribution in [1.82, 2.24) is 24.8 Å². The van der Waals surface area contributed by atoms with Crippen molar-refractivity contribution in [3.8, 4) is 0 Å². The molecule has 1 aliphatic carbocycles. The average molecular weight is 429 g/mol. The molecule has 1 aromatic carbocycles.